The molecule has 2 rings (SSSR count). The van der Waals surface area contributed by atoms with Crippen molar-refractivity contribution in [3.63, 3.8) is 0 Å². The molecule has 0 aliphatic heterocycles. The van der Waals surface area contributed by atoms with Crippen LogP contribution in [0.25, 0.3) is 0 Å². The third-order valence-electron chi connectivity index (χ3n) is 3.50. The van der Waals surface area contributed by atoms with E-state index in [9.17, 15) is 4.79 Å². The molecule has 0 saturated carbocycles. The number of nitrogens with zero attached hydrogens (tertiary/aromatic N) is 2. The van der Waals surface area contributed by atoms with Crippen LogP contribution in [0.1, 0.15) is 37.0 Å². The molecule has 1 aliphatic rings. The van der Waals surface area contributed by atoms with E-state index in [-0.39, 0.29) is 5.91 Å². The Bertz CT molecular complexity index is 510. The number of rotatable bonds is 6. The molecule has 1 amide bonds. The molecular weight excluding hydrogens is 336 g/mol. The molecule has 1 heterocycles. The Balaban J connectivity index is 1.96. The molecule has 20 heavy (non-hydrogen) atoms. The van der Waals surface area contributed by atoms with Crippen LogP contribution in [0.4, 0.5) is 0 Å². The lowest BCUT2D eigenvalue weighted by Gasteiger charge is -2.22. The predicted octanol–water partition coefficient (Wildman–Crippen LogP) is 4.31. The summed E-state index contributed by atoms with van der Waals surface area (Å²) in [5.41, 5.74) is 1.49. The van der Waals surface area contributed by atoms with Gasteiger partial charge in [0.1, 0.15) is 0 Å². The molecule has 1 aromatic heterocycles. The average molecular weight is 355 g/mol. The van der Waals surface area contributed by atoms with E-state index >= 15 is 0 Å². The van der Waals surface area contributed by atoms with Crippen LogP contribution in [0.3, 0.4) is 0 Å². The Morgan fingerprint density at radius 3 is 3.00 bits per heavy atom. The molecule has 3 nitrogen and oxygen atoms in total. The fourth-order valence-corrected chi connectivity index (χ4v) is 3.56. The molecule has 0 radical (unpaired) electrons. The lowest BCUT2D eigenvalue weighted by Crippen LogP contribution is -2.30. The van der Waals surface area contributed by atoms with Crippen LogP contribution in [0, 0.1) is 0 Å². The van der Waals surface area contributed by atoms with Gasteiger partial charge in [-0.1, -0.05) is 18.2 Å². The third-order valence-corrected chi connectivity index (χ3v) is 5.23. The molecule has 0 spiro atoms. The molecule has 0 atom stereocenters. The van der Waals surface area contributed by atoms with Crippen LogP contribution < -0.4 is 0 Å². The number of allylic oxidation sites excluding steroid dienone is 1. The highest BCUT2D eigenvalue weighted by Crippen LogP contribution is 2.24. The van der Waals surface area contributed by atoms with Crippen LogP contribution in [0.2, 0.25) is 0 Å². The summed E-state index contributed by atoms with van der Waals surface area (Å²) in [5, 5.41) is 0. The van der Waals surface area contributed by atoms with Gasteiger partial charge in [0.05, 0.1) is 22.1 Å². The van der Waals surface area contributed by atoms with E-state index in [2.05, 4.69) is 33.0 Å². The van der Waals surface area contributed by atoms with Crippen LogP contribution in [-0.2, 0) is 11.3 Å². The van der Waals surface area contributed by atoms with Gasteiger partial charge in [0.25, 0.3) is 0 Å². The second-order valence-corrected chi connectivity index (χ2v) is 6.66. The Morgan fingerprint density at radius 1 is 1.55 bits per heavy atom. The third kappa shape index (κ3) is 4.28. The van der Waals surface area contributed by atoms with Crippen molar-refractivity contribution in [2.75, 3.05) is 6.54 Å². The summed E-state index contributed by atoms with van der Waals surface area (Å²) in [6.45, 7) is 4.95. The summed E-state index contributed by atoms with van der Waals surface area (Å²) in [7, 11) is 0. The van der Waals surface area contributed by atoms with E-state index < -0.39 is 0 Å². The standard InChI is InChI=1S/C15H19BrN2OS/c1-2-15(19)18(11-14-13(16)10-17-20-14)9-8-12-6-4-3-5-7-12/h2,6,10H,1,3-5,7-9,11H2. The first-order valence-corrected chi connectivity index (χ1v) is 8.45. The summed E-state index contributed by atoms with van der Waals surface area (Å²) < 4.78 is 5.10. The minimum atomic E-state index is -0.0123. The van der Waals surface area contributed by atoms with Gasteiger partial charge >= 0.3 is 0 Å². The molecule has 0 unspecified atom stereocenters. The largest absolute Gasteiger partial charge is 0.334 e. The van der Waals surface area contributed by atoms with Gasteiger partial charge in [-0.2, -0.15) is 4.37 Å². The fraction of sp³-hybridized carbons (Fsp3) is 0.467. The molecule has 0 fully saturated rings. The number of carbonyl (C=O) groups excluding carboxylic acids is 1. The van der Waals surface area contributed by atoms with Gasteiger partial charge in [0.15, 0.2) is 0 Å². The first-order valence-electron chi connectivity index (χ1n) is 6.89. The number of aromatic nitrogens is 1. The highest BCUT2D eigenvalue weighted by atomic mass is 79.9. The van der Waals surface area contributed by atoms with Gasteiger partial charge in [0.2, 0.25) is 5.91 Å². The highest BCUT2D eigenvalue weighted by molar-refractivity contribution is 9.10. The lowest BCUT2D eigenvalue weighted by molar-refractivity contribution is -0.126. The monoisotopic (exact) mass is 354 g/mol. The Morgan fingerprint density at radius 2 is 2.40 bits per heavy atom. The van der Waals surface area contributed by atoms with E-state index in [0.717, 1.165) is 22.3 Å². The van der Waals surface area contributed by atoms with E-state index in [0.29, 0.717) is 6.54 Å². The van der Waals surface area contributed by atoms with Crippen molar-refractivity contribution in [1.82, 2.24) is 9.27 Å². The van der Waals surface area contributed by atoms with Gasteiger partial charge in [0, 0.05) is 6.54 Å². The predicted molar refractivity (Wildman–Crippen MR) is 86.6 cm³/mol. The van der Waals surface area contributed by atoms with Crippen molar-refractivity contribution in [2.45, 2.75) is 38.6 Å². The SMILES string of the molecule is C=CC(=O)N(CCC1=CCCCC1)Cc1sncc1Br. The van der Waals surface area contributed by atoms with Gasteiger partial charge in [-0.25, -0.2) is 0 Å². The highest BCUT2D eigenvalue weighted by Gasteiger charge is 2.15. The van der Waals surface area contributed by atoms with E-state index in [1.165, 1.54) is 48.9 Å². The van der Waals surface area contributed by atoms with Crippen LogP contribution >= 0.6 is 27.5 Å². The molecule has 0 aromatic carbocycles. The topological polar surface area (TPSA) is 33.2 Å². The minimum Gasteiger partial charge on any atom is -0.334 e. The maximum Gasteiger partial charge on any atom is 0.246 e. The first-order chi connectivity index (χ1) is 9.70. The van der Waals surface area contributed by atoms with Crippen molar-refractivity contribution in [1.29, 1.82) is 0 Å². The fourth-order valence-electron chi connectivity index (χ4n) is 2.34. The summed E-state index contributed by atoms with van der Waals surface area (Å²) in [6, 6.07) is 0. The smallest absolute Gasteiger partial charge is 0.246 e. The average Bonchev–Trinajstić information content (AvgIpc) is 2.89. The van der Waals surface area contributed by atoms with Gasteiger partial charge in [-0.15, -0.1) is 0 Å². The van der Waals surface area contributed by atoms with E-state index in [1.54, 1.807) is 6.20 Å². The van der Waals surface area contributed by atoms with Crippen molar-refractivity contribution in [3.05, 3.63) is 39.9 Å². The van der Waals surface area contributed by atoms with E-state index in [1.807, 2.05) is 4.90 Å². The molecule has 0 bridgehead atoms. The maximum atomic E-state index is 12.0. The van der Waals surface area contributed by atoms with Crippen molar-refractivity contribution in [2.24, 2.45) is 0 Å². The second-order valence-electron chi connectivity index (χ2n) is 4.92. The van der Waals surface area contributed by atoms with Crippen LogP contribution in [-0.4, -0.2) is 21.7 Å². The summed E-state index contributed by atoms with van der Waals surface area (Å²) in [5.74, 6) is -0.0123. The zero-order valence-electron chi connectivity index (χ0n) is 11.5. The second kappa shape index (κ2) is 7.74. The molecule has 0 saturated heterocycles. The molecule has 5 heteroatoms. The summed E-state index contributed by atoms with van der Waals surface area (Å²) >= 11 is 4.89. The quantitative estimate of drug-likeness (QED) is 0.563. The van der Waals surface area contributed by atoms with Gasteiger partial charge in [-0.3, -0.25) is 4.79 Å². The Kier molecular flexibility index (Phi) is 5.98. The molecule has 108 valence electrons. The number of halogens is 1. The molecule has 1 aromatic rings. The van der Waals surface area contributed by atoms with Crippen molar-refractivity contribution in [3.8, 4) is 0 Å². The lowest BCUT2D eigenvalue weighted by atomic mass is 9.97. The van der Waals surface area contributed by atoms with E-state index in [4.69, 9.17) is 0 Å². The zero-order chi connectivity index (χ0) is 14.4. The Labute approximate surface area is 132 Å². The normalized spacial score (nSPS) is 14.8. The van der Waals surface area contributed by atoms with Crippen LogP contribution in [0.5, 0.6) is 0 Å². The number of carbonyl (C=O) groups is 1. The molecule has 0 N–H and O–H groups in total. The number of amides is 1. The van der Waals surface area contributed by atoms with Gasteiger partial charge < -0.3 is 4.90 Å². The summed E-state index contributed by atoms with van der Waals surface area (Å²) in [6.07, 6.45) is 11.4. The maximum absolute atomic E-state index is 12.0. The van der Waals surface area contributed by atoms with Gasteiger partial charge in [-0.05, 0) is 65.6 Å². The minimum absolute atomic E-state index is 0.0123. The Hall–Kier alpha value is -0.940. The number of hydrogen-bond donors (Lipinski definition) is 0. The van der Waals surface area contributed by atoms with Crippen molar-refractivity contribution < 1.29 is 4.79 Å². The number of hydrogen-bond acceptors (Lipinski definition) is 3. The zero-order valence-corrected chi connectivity index (χ0v) is 13.9. The molecular formula is C15H19BrN2OS. The van der Waals surface area contributed by atoms with Crippen LogP contribution in [0.15, 0.2) is 35.0 Å². The van der Waals surface area contributed by atoms with Crippen molar-refractivity contribution >= 4 is 33.4 Å². The first kappa shape index (κ1) is 15.4. The summed E-state index contributed by atoms with van der Waals surface area (Å²) in [4.78, 5) is 14.9. The molecule has 1 aliphatic carbocycles.